The molecule has 0 atom stereocenters. The second-order valence-electron chi connectivity index (χ2n) is 3.06. The number of aromatic nitrogens is 2. The van der Waals surface area contributed by atoms with Gasteiger partial charge in [0.25, 0.3) is 5.91 Å². The molecule has 0 saturated heterocycles. The Bertz CT molecular complexity index is 511. The Morgan fingerprint density at radius 1 is 1.50 bits per heavy atom. The van der Waals surface area contributed by atoms with Crippen molar-refractivity contribution in [2.75, 3.05) is 5.32 Å². The van der Waals surface area contributed by atoms with Gasteiger partial charge in [0.15, 0.2) is 0 Å². The number of phenolic OH excluding ortho intramolecular Hbond substituents is 1. The van der Waals surface area contributed by atoms with Gasteiger partial charge in [-0.3, -0.25) is 10.1 Å². The highest BCUT2D eigenvalue weighted by Gasteiger charge is 2.09. The summed E-state index contributed by atoms with van der Waals surface area (Å²) in [5.74, 6) is 0.0530. The van der Waals surface area contributed by atoms with Crippen LogP contribution in [-0.4, -0.2) is 21.0 Å². The van der Waals surface area contributed by atoms with E-state index < -0.39 is 0 Å². The van der Waals surface area contributed by atoms with Gasteiger partial charge in [-0.25, -0.2) is 4.98 Å². The number of phenols is 1. The van der Waals surface area contributed by atoms with Crippen LogP contribution in [0.5, 0.6) is 5.75 Å². The summed E-state index contributed by atoms with van der Waals surface area (Å²) in [6.07, 6.45) is 3.14. The third-order valence-corrected chi connectivity index (χ3v) is 2.61. The normalized spacial score (nSPS) is 10.1. The molecule has 1 aromatic carbocycles. The molecule has 0 unspecified atom stereocenters. The van der Waals surface area contributed by atoms with Crippen molar-refractivity contribution in [3.8, 4) is 5.75 Å². The average molecular weight is 282 g/mol. The first-order chi connectivity index (χ1) is 7.66. The van der Waals surface area contributed by atoms with Crippen molar-refractivity contribution in [1.82, 2.24) is 9.97 Å². The van der Waals surface area contributed by atoms with Crippen molar-refractivity contribution in [3.05, 3.63) is 40.6 Å². The predicted octanol–water partition coefficient (Wildman–Crippen LogP) is 2.13. The summed E-state index contributed by atoms with van der Waals surface area (Å²) in [6.45, 7) is 0. The number of nitrogens with zero attached hydrogens (tertiary/aromatic N) is 1. The zero-order valence-corrected chi connectivity index (χ0v) is 9.65. The van der Waals surface area contributed by atoms with E-state index in [2.05, 4.69) is 31.2 Å². The Morgan fingerprint density at radius 2 is 2.31 bits per heavy atom. The standard InChI is InChI=1S/C10H8BrN3O2/c11-7-2-1-6(5-8(7)15)9(16)14-10-12-3-4-13-10/h1-5,15H,(H2,12,13,14,16). The van der Waals surface area contributed by atoms with E-state index in [0.29, 0.717) is 16.0 Å². The first-order valence-corrected chi connectivity index (χ1v) is 5.25. The van der Waals surface area contributed by atoms with Gasteiger partial charge in [0.1, 0.15) is 5.75 Å². The molecule has 0 spiro atoms. The summed E-state index contributed by atoms with van der Waals surface area (Å²) in [5, 5.41) is 12.0. The molecule has 0 saturated carbocycles. The third-order valence-electron chi connectivity index (χ3n) is 1.94. The SMILES string of the molecule is O=C(Nc1ncc[nH]1)c1ccc(Br)c(O)c1. The molecule has 1 heterocycles. The van der Waals surface area contributed by atoms with Gasteiger partial charge in [-0.1, -0.05) is 0 Å². The smallest absolute Gasteiger partial charge is 0.258 e. The van der Waals surface area contributed by atoms with Crippen LogP contribution in [0.2, 0.25) is 0 Å². The Hall–Kier alpha value is -1.82. The van der Waals surface area contributed by atoms with E-state index >= 15 is 0 Å². The minimum Gasteiger partial charge on any atom is -0.507 e. The quantitative estimate of drug-likeness (QED) is 0.789. The van der Waals surface area contributed by atoms with Crippen molar-refractivity contribution in [3.63, 3.8) is 0 Å². The predicted molar refractivity (Wildman–Crippen MR) is 62.3 cm³/mol. The molecule has 0 radical (unpaired) electrons. The summed E-state index contributed by atoms with van der Waals surface area (Å²) >= 11 is 3.14. The van der Waals surface area contributed by atoms with Crippen LogP contribution < -0.4 is 5.32 Å². The molecule has 0 aliphatic heterocycles. The van der Waals surface area contributed by atoms with Gasteiger partial charge in [-0.15, -0.1) is 0 Å². The number of nitrogens with one attached hydrogen (secondary N) is 2. The van der Waals surface area contributed by atoms with Crippen LogP contribution in [0.4, 0.5) is 5.95 Å². The summed E-state index contributed by atoms with van der Waals surface area (Å²) < 4.78 is 0.544. The van der Waals surface area contributed by atoms with Crippen molar-refractivity contribution in [2.24, 2.45) is 0 Å². The zero-order chi connectivity index (χ0) is 11.5. The van der Waals surface area contributed by atoms with Crippen molar-refractivity contribution < 1.29 is 9.90 Å². The second-order valence-corrected chi connectivity index (χ2v) is 3.91. The number of carbonyl (C=O) groups is 1. The maximum atomic E-state index is 11.7. The van der Waals surface area contributed by atoms with E-state index in [0.717, 1.165) is 0 Å². The van der Waals surface area contributed by atoms with Gasteiger partial charge >= 0.3 is 0 Å². The minimum atomic E-state index is -0.335. The molecule has 16 heavy (non-hydrogen) atoms. The molecule has 6 heteroatoms. The lowest BCUT2D eigenvalue weighted by Crippen LogP contribution is -2.12. The Balaban J connectivity index is 2.18. The number of aromatic hydroxyl groups is 1. The van der Waals surface area contributed by atoms with Crippen molar-refractivity contribution in [1.29, 1.82) is 0 Å². The molecule has 1 aromatic heterocycles. The number of imidazole rings is 1. The van der Waals surface area contributed by atoms with Crippen LogP contribution in [0, 0.1) is 0 Å². The molecular formula is C10H8BrN3O2. The molecule has 0 bridgehead atoms. The number of halogens is 1. The zero-order valence-electron chi connectivity index (χ0n) is 8.07. The first-order valence-electron chi connectivity index (χ1n) is 4.46. The summed E-state index contributed by atoms with van der Waals surface area (Å²) in [6, 6.07) is 4.58. The number of amides is 1. The minimum absolute atomic E-state index is 0.0205. The van der Waals surface area contributed by atoms with Gasteiger partial charge in [0, 0.05) is 18.0 Å². The summed E-state index contributed by atoms with van der Waals surface area (Å²) in [5.41, 5.74) is 0.358. The van der Waals surface area contributed by atoms with Gasteiger partial charge in [0.05, 0.1) is 4.47 Å². The number of aromatic amines is 1. The fourth-order valence-corrected chi connectivity index (χ4v) is 1.41. The lowest BCUT2D eigenvalue weighted by Gasteiger charge is -2.03. The molecule has 2 aromatic rings. The van der Waals surface area contributed by atoms with E-state index in [1.165, 1.54) is 12.3 Å². The van der Waals surface area contributed by atoms with Gasteiger partial charge < -0.3 is 10.1 Å². The molecular weight excluding hydrogens is 274 g/mol. The summed E-state index contributed by atoms with van der Waals surface area (Å²) in [4.78, 5) is 18.3. The molecule has 0 aliphatic carbocycles. The van der Waals surface area contributed by atoms with Crippen LogP contribution in [0.15, 0.2) is 35.1 Å². The number of carbonyl (C=O) groups excluding carboxylic acids is 1. The summed E-state index contributed by atoms with van der Waals surface area (Å²) in [7, 11) is 0. The van der Waals surface area contributed by atoms with Crippen molar-refractivity contribution >= 4 is 27.8 Å². The molecule has 0 aliphatic rings. The maximum absolute atomic E-state index is 11.7. The number of benzene rings is 1. The molecule has 1 amide bonds. The number of rotatable bonds is 2. The largest absolute Gasteiger partial charge is 0.507 e. The average Bonchev–Trinajstić information content (AvgIpc) is 2.74. The number of anilines is 1. The van der Waals surface area contributed by atoms with Crippen LogP contribution in [0.3, 0.4) is 0 Å². The maximum Gasteiger partial charge on any atom is 0.258 e. The van der Waals surface area contributed by atoms with Gasteiger partial charge in [0.2, 0.25) is 5.95 Å². The van der Waals surface area contributed by atoms with Crippen molar-refractivity contribution in [2.45, 2.75) is 0 Å². The fraction of sp³-hybridized carbons (Fsp3) is 0. The number of H-pyrrole nitrogens is 1. The van der Waals surface area contributed by atoms with Crippen LogP contribution in [0.1, 0.15) is 10.4 Å². The van der Waals surface area contributed by atoms with Gasteiger partial charge in [-0.2, -0.15) is 0 Å². The van der Waals surface area contributed by atoms with Crippen LogP contribution >= 0.6 is 15.9 Å². The monoisotopic (exact) mass is 281 g/mol. The molecule has 3 N–H and O–H groups in total. The van der Waals surface area contributed by atoms with Crippen LogP contribution in [-0.2, 0) is 0 Å². The first kappa shape index (κ1) is 10.7. The topological polar surface area (TPSA) is 78.0 Å². The van der Waals surface area contributed by atoms with E-state index in [1.807, 2.05) is 0 Å². The molecule has 5 nitrogen and oxygen atoms in total. The lowest BCUT2D eigenvalue weighted by atomic mass is 10.2. The Kier molecular flexibility index (Phi) is 2.91. The van der Waals surface area contributed by atoms with E-state index in [-0.39, 0.29) is 11.7 Å². The third kappa shape index (κ3) is 2.22. The van der Waals surface area contributed by atoms with Gasteiger partial charge in [-0.05, 0) is 34.1 Å². The van der Waals surface area contributed by atoms with E-state index in [4.69, 9.17) is 0 Å². The highest BCUT2D eigenvalue weighted by molar-refractivity contribution is 9.10. The Labute approximate surface area is 99.7 Å². The fourth-order valence-electron chi connectivity index (χ4n) is 1.17. The highest BCUT2D eigenvalue weighted by Crippen LogP contribution is 2.24. The highest BCUT2D eigenvalue weighted by atomic mass is 79.9. The van der Waals surface area contributed by atoms with Crippen LogP contribution in [0.25, 0.3) is 0 Å². The molecule has 0 fully saturated rings. The van der Waals surface area contributed by atoms with E-state index in [9.17, 15) is 9.90 Å². The molecule has 2 rings (SSSR count). The molecule has 82 valence electrons. The number of hydrogen-bond acceptors (Lipinski definition) is 3. The second kappa shape index (κ2) is 4.36. The Morgan fingerprint density at radius 3 is 2.94 bits per heavy atom. The lowest BCUT2D eigenvalue weighted by molar-refractivity contribution is 0.102. The number of hydrogen-bond donors (Lipinski definition) is 3. The van der Waals surface area contributed by atoms with E-state index in [1.54, 1.807) is 18.3 Å².